The summed E-state index contributed by atoms with van der Waals surface area (Å²) in [6.07, 6.45) is 5.68. The largest absolute Gasteiger partial charge is 0.367 e. The molecule has 5 rings (SSSR count). The van der Waals surface area contributed by atoms with Crippen LogP contribution in [0.25, 0.3) is 11.2 Å². The van der Waals surface area contributed by atoms with Crippen LogP contribution >= 0.6 is 0 Å². The van der Waals surface area contributed by atoms with Crippen LogP contribution in [0.15, 0.2) is 9.59 Å². The van der Waals surface area contributed by atoms with Crippen molar-refractivity contribution in [1.82, 2.24) is 19.1 Å². The molecule has 0 radical (unpaired) electrons. The first kappa shape index (κ1) is 16.6. The monoisotopic (exact) mass is 346 g/mol. The summed E-state index contributed by atoms with van der Waals surface area (Å²) in [5.41, 5.74) is -0.0333. The normalized spacial score (nSPS) is 25.8. The first-order valence-electron chi connectivity index (χ1n) is 9.47. The molecule has 1 aliphatic carbocycles. The number of H-pyrrole nitrogens is 1. The van der Waals surface area contributed by atoms with Gasteiger partial charge in [0.15, 0.2) is 5.65 Å². The fraction of sp³-hybridized carbons (Fsp3) is 0.722. The molecule has 25 heavy (non-hydrogen) atoms. The standard InChI is InChI=1S/C18H26N4O3/c1-3-9-21-14-13(15(23)22(10-4-2)17(21)24)19-16(20-14)18-7-5-12(6-8-18)11-25-18/h12H,3-11H2,1-2H3,(H,19,20). The molecule has 2 aromatic rings. The van der Waals surface area contributed by atoms with Crippen LogP contribution in [-0.4, -0.2) is 25.7 Å². The average molecular weight is 346 g/mol. The molecule has 2 bridgehead atoms. The minimum Gasteiger partial charge on any atom is -0.367 e. The lowest BCUT2D eigenvalue weighted by Gasteiger charge is -2.44. The molecule has 3 aliphatic rings. The molecule has 2 aliphatic heterocycles. The van der Waals surface area contributed by atoms with Crippen LogP contribution in [0, 0.1) is 5.92 Å². The maximum Gasteiger partial charge on any atom is 0.332 e. The van der Waals surface area contributed by atoms with Gasteiger partial charge >= 0.3 is 5.69 Å². The zero-order valence-corrected chi connectivity index (χ0v) is 15.0. The second kappa shape index (κ2) is 6.12. The molecular weight excluding hydrogens is 320 g/mol. The Morgan fingerprint density at radius 2 is 1.84 bits per heavy atom. The molecule has 0 aromatic carbocycles. The van der Waals surface area contributed by atoms with Gasteiger partial charge < -0.3 is 9.72 Å². The molecule has 2 aromatic heterocycles. The molecule has 0 unspecified atom stereocenters. The Morgan fingerprint density at radius 1 is 1.16 bits per heavy atom. The molecular formula is C18H26N4O3. The van der Waals surface area contributed by atoms with E-state index >= 15 is 0 Å². The second-order valence-electron chi connectivity index (χ2n) is 7.42. The number of ether oxygens (including phenoxy) is 1. The molecule has 7 nitrogen and oxygen atoms in total. The highest BCUT2D eigenvalue weighted by molar-refractivity contribution is 5.70. The van der Waals surface area contributed by atoms with Crippen LogP contribution in [-0.2, 0) is 23.4 Å². The summed E-state index contributed by atoms with van der Waals surface area (Å²) in [6.45, 7) is 5.73. The quantitative estimate of drug-likeness (QED) is 0.899. The Labute approximate surface area is 146 Å². The van der Waals surface area contributed by atoms with Crippen LogP contribution in [0.2, 0.25) is 0 Å². The maximum atomic E-state index is 12.8. The summed E-state index contributed by atoms with van der Waals surface area (Å²) < 4.78 is 9.10. The van der Waals surface area contributed by atoms with Gasteiger partial charge in [0, 0.05) is 13.1 Å². The van der Waals surface area contributed by atoms with E-state index in [1.54, 1.807) is 4.57 Å². The van der Waals surface area contributed by atoms with Crippen LogP contribution in [0.1, 0.15) is 58.2 Å². The third kappa shape index (κ3) is 2.47. The van der Waals surface area contributed by atoms with E-state index in [-0.39, 0.29) is 11.2 Å². The van der Waals surface area contributed by atoms with E-state index in [0.29, 0.717) is 30.2 Å². The van der Waals surface area contributed by atoms with Crippen molar-refractivity contribution in [3.63, 3.8) is 0 Å². The number of imidazole rings is 1. The molecule has 1 N–H and O–H groups in total. The molecule has 2 saturated heterocycles. The molecule has 0 spiro atoms. The number of aromatic nitrogens is 4. The van der Waals surface area contributed by atoms with Crippen molar-refractivity contribution < 1.29 is 4.74 Å². The van der Waals surface area contributed by atoms with Gasteiger partial charge in [-0.15, -0.1) is 0 Å². The van der Waals surface area contributed by atoms with Gasteiger partial charge in [0.1, 0.15) is 16.9 Å². The number of nitrogens with one attached hydrogen (secondary N) is 1. The maximum absolute atomic E-state index is 12.8. The lowest BCUT2D eigenvalue weighted by Crippen LogP contribution is -2.43. The topological polar surface area (TPSA) is 81.9 Å². The predicted octanol–water partition coefficient (Wildman–Crippen LogP) is 2.12. The van der Waals surface area contributed by atoms with Crippen LogP contribution in [0.3, 0.4) is 0 Å². The van der Waals surface area contributed by atoms with Gasteiger partial charge in [-0.1, -0.05) is 13.8 Å². The molecule has 136 valence electrons. The third-order valence-corrected chi connectivity index (χ3v) is 5.70. The molecule has 4 heterocycles. The van der Waals surface area contributed by atoms with Crippen molar-refractivity contribution in [2.75, 3.05) is 6.61 Å². The van der Waals surface area contributed by atoms with E-state index in [4.69, 9.17) is 9.72 Å². The molecule has 0 atom stereocenters. The summed E-state index contributed by atoms with van der Waals surface area (Å²) in [5, 5.41) is 0. The number of rotatable bonds is 5. The summed E-state index contributed by atoms with van der Waals surface area (Å²) >= 11 is 0. The second-order valence-corrected chi connectivity index (χ2v) is 7.42. The Balaban J connectivity index is 1.92. The van der Waals surface area contributed by atoms with Crippen molar-refractivity contribution in [1.29, 1.82) is 0 Å². The van der Waals surface area contributed by atoms with Gasteiger partial charge in [0.05, 0.1) is 6.61 Å². The first-order valence-corrected chi connectivity index (χ1v) is 9.47. The number of aromatic amines is 1. The Bertz CT molecular complexity index is 886. The van der Waals surface area contributed by atoms with Gasteiger partial charge in [-0.3, -0.25) is 13.9 Å². The van der Waals surface area contributed by atoms with Crippen molar-refractivity contribution in [3.05, 3.63) is 26.7 Å². The first-order chi connectivity index (χ1) is 12.1. The third-order valence-electron chi connectivity index (χ3n) is 5.70. The van der Waals surface area contributed by atoms with Gasteiger partial charge in [-0.25, -0.2) is 9.78 Å². The highest BCUT2D eigenvalue weighted by Gasteiger charge is 2.45. The number of nitrogens with zero attached hydrogens (tertiary/aromatic N) is 3. The predicted molar refractivity (Wildman–Crippen MR) is 94.8 cm³/mol. The van der Waals surface area contributed by atoms with Crippen molar-refractivity contribution in [3.8, 4) is 0 Å². The van der Waals surface area contributed by atoms with E-state index in [0.717, 1.165) is 51.0 Å². The Kier molecular flexibility index (Phi) is 4.06. The molecule has 1 saturated carbocycles. The fourth-order valence-corrected chi connectivity index (χ4v) is 4.27. The molecule has 7 heteroatoms. The lowest BCUT2D eigenvalue weighted by molar-refractivity contribution is -0.154. The molecule has 3 fully saturated rings. The van der Waals surface area contributed by atoms with Crippen LogP contribution in [0.4, 0.5) is 0 Å². The zero-order chi connectivity index (χ0) is 17.6. The average Bonchev–Trinajstić information content (AvgIpc) is 3.10. The zero-order valence-electron chi connectivity index (χ0n) is 15.0. The summed E-state index contributed by atoms with van der Waals surface area (Å²) in [4.78, 5) is 33.6. The fourth-order valence-electron chi connectivity index (χ4n) is 4.27. The van der Waals surface area contributed by atoms with E-state index in [1.165, 1.54) is 4.57 Å². The molecule has 0 amide bonds. The highest BCUT2D eigenvalue weighted by Crippen LogP contribution is 2.46. The number of hydrogen-bond donors (Lipinski definition) is 1. The smallest absolute Gasteiger partial charge is 0.332 e. The van der Waals surface area contributed by atoms with Gasteiger partial charge in [-0.2, -0.15) is 0 Å². The SMILES string of the molecule is CCCn1c(=O)c2[nH]c(C34CCC(CC3)CO4)nc2n(CCC)c1=O. The van der Waals surface area contributed by atoms with Gasteiger partial charge in [0.25, 0.3) is 5.56 Å². The minimum absolute atomic E-state index is 0.259. The van der Waals surface area contributed by atoms with E-state index in [2.05, 4.69) is 4.98 Å². The van der Waals surface area contributed by atoms with Gasteiger partial charge in [-0.05, 0) is 44.4 Å². The van der Waals surface area contributed by atoms with E-state index in [9.17, 15) is 9.59 Å². The van der Waals surface area contributed by atoms with Crippen molar-refractivity contribution in [2.24, 2.45) is 5.92 Å². The lowest BCUT2D eigenvalue weighted by atomic mass is 9.75. The summed E-state index contributed by atoms with van der Waals surface area (Å²) in [6, 6.07) is 0. The van der Waals surface area contributed by atoms with Crippen LogP contribution in [0.5, 0.6) is 0 Å². The highest BCUT2D eigenvalue weighted by atomic mass is 16.5. The van der Waals surface area contributed by atoms with Gasteiger partial charge in [0.2, 0.25) is 0 Å². The number of aryl methyl sites for hydroxylation is 1. The number of fused-ring (bicyclic) bond motifs is 4. The summed E-state index contributed by atoms with van der Waals surface area (Å²) in [7, 11) is 0. The summed E-state index contributed by atoms with van der Waals surface area (Å²) in [5.74, 6) is 1.38. The Morgan fingerprint density at radius 3 is 2.44 bits per heavy atom. The Hall–Kier alpha value is -1.89. The van der Waals surface area contributed by atoms with E-state index in [1.807, 2.05) is 13.8 Å². The van der Waals surface area contributed by atoms with Crippen molar-refractivity contribution >= 4 is 11.2 Å². The van der Waals surface area contributed by atoms with Crippen molar-refractivity contribution in [2.45, 2.75) is 71.1 Å². The number of hydrogen-bond acceptors (Lipinski definition) is 4. The van der Waals surface area contributed by atoms with Crippen LogP contribution < -0.4 is 11.2 Å². The minimum atomic E-state index is -0.414. The van der Waals surface area contributed by atoms with E-state index < -0.39 is 5.60 Å².